The number of fused-ring (bicyclic) bond motifs is 1. The Kier molecular flexibility index (Phi) is 4.90. The fourth-order valence-corrected chi connectivity index (χ4v) is 2.87. The Hall–Kier alpha value is -2.38. The van der Waals surface area contributed by atoms with E-state index in [1.165, 1.54) is 25.7 Å². The van der Waals surface area contributed by atoms with E-state index in [1.54, 1.807) is 0 Å². The molecule has 8 nitrogen and oxygen atoms in total. The third-order valence-electron chi connectivity index (χ3n) is 4.72. The van der Waals surface area contributed by atoms with Crippen molar-refractivity contribution in [2.75, 3.05) is 47.4 Å². The number of nitrogens with one attached hydrogen (secondary N) is 4. The van der Waals surface area contributed by atoms with Gasteiger partial charge in [0.1, 0.15) is 11.0 Å². The first-order valence-corrected chi connectivity index (χ1v) is 9.82. The maximum absolute atomic E-state index is 4.71. The second-order valence-corrected chi connectivity index (χ2v) is 7.20. The molecule has 26 heavy (non-hydrogen) atoms. The van der Waals surface area contributed by atoms with Gasteiger partial charge in [-0.3, -0.25) is 0 Å². The van der Waals surface area contributed by atoms with Crippen LogP contribution in [0, 0.1) is 11.8 Å². The highest BCUT2D eigenvalue weighted by molar-refractivity contribution is 5.94. The van der Waals surface area contributed by atoms with E-state index in [2.05, 4.69) is 45.1 Å². The van der Waals surface area contributed by atoms with Crippen LogP contribution in [0.5, 0.6) is 0 Å². The van der Waals surface area contributed by atoms with Crippen molar-refractivity contribution in [2.45, 2.75) is 39.5 Å². The third kappa shape index (κ3) is 4.05. The van der Waals surface area contributed by atoms with Crippen LogP contribution >= 0.6 is 0 Å². The van der Waals surface area contributed by atoms with E-state index in [0.29, 0.717) is 11.9 Å². The topological polar surface area (TPSA) is 99.7 Å². The molecule has 2 aliphatic rings. The molecule has 2 aromatic rings. The first-order chi connectivity index (χ1) is 12.8. The van der Waals surface area contributed by atoms with Gasteiger partial charge in [0.15, 0.2) is 11.6 Å². The standard InChI is InChI=1S/C18H28N8/c1-3-19-15-13-14(24-17(25-15)21-9-11-5-6-11)16(20-4-2)26-18(23-13)22-10-12-7-8-12/h11-12H,3-10H2,1-2H3,(H2,19,21,24,25)(H2,20,22,23,26). The molecule has 2 heterocycles. The zero-order chi connectivity index (χ0) is 17.9. The number of nitrogens with zero attached hydrogens (tertiary/aromatic N) is 4. The van der Waals surface area contributed by atoms with Crippen LogP contribution in [0.1, 0.15) is 39.5 Å². The normalized spacial score (nSPS) is 16.5. The first kappa shape index (κ1) is 17.1. The monoisotopic (exact) mass is 356 g/mol. The van der Waals surface area contributed by atoms with E-state index in [4.69, 9.17) is 9.97 Å². The number of anilines is 4. The molecule has 4 N–H and O–H groups in total. The Morgan fingerprint density at radius 2 is 1.08 bits per heavy atom. The van der Waals surface area contributed by atoms with Crippen molar-refractivity contribution < 1.29 is 0 Å². The van der Waals surface area contributed by atoms with Crippen molar-refractivity contribution in [3.05, 3.63) is 0 Å². The molecule has 0 bridgehead atoms. The summed E-state index contributed by atoms with van der Waals surface area (Å²) >= 11 is 0. The second-order valence-electron chi connectivity index (χ2n) is 7.20. The van der Waals surface area contributed by atoms with Crippen LogP contribution in [-0.2, 0) is 0 Å². The van der Waals surface area contributed by atoms with Crippen LogP contribution < -0.4 is 21.3 Å². The summed E-state index contributed by atoms with van der Waals surface area (Å²) in [6, 6.07) is 0. The highest BCUT2D eigenvalue weighted by atomic mass is 15.2. The van der Waals surface area contributed by atoms with Gasteiger partial charge in [-0.25, -0.2) is 9.97 Å². The Bertz CT molecular complexity index is 704. The van der Waals surface area contributed by atoms with E-state index in [1.807, 2.05) is 0 Å². The van der Waals surface area contributed by atoms with Gasteiger partial charge in [0.25, 0.3) is 0 Å². The largest absolute Gasteiger partial charge is 0.368 e. The Morgan fingerprint density at radius 3 is 1.42 bits per heavy atom. The van der Waals surface area contributed by atoms with Crippen LogP contribution in [0.25, 0.3) is 11.0 Å². The fourth-order valence-electron chi connectivity index (χ4n) is 2.87. The first-order valence-electron chi connectivity index (χ1n) is 9.82. The highest BCUT2D eigenvalue weighted by Crippen LogP contribution is 2.31. The van der Waals surface area contributed by atoms with Crippen molar-refractivity contribution in [1.29, 1.82) is 0 Å². The summed E-state index contributed by atoms with van der Waals surface area (Å²) in [5.74, 6) is 4.31. The van der Waals surface area contributed by atoms with Gasteiger partial charge in [0.05, 0.1) is 0 Å². The van der Waals surface area contributed by atoms with Crippen molar-refractivity contribution in [1.82, 2.24) is 19.9 Å². The van der Waals surface area contributed by atoms with Gasteiger partial charge in [-0.1, -0.05) is 0 Å². The lowest BCUT2D eigenvalue weighted by molar-refractivity contribution is 0.871. The summed E-state index contributed by atoms with van der Waals surface area (Å²) < 4.78 is 0. The van der Waals surface area contributed by atoms with Crippen molar-refractivity contribution in [2.24, 2.45) is 11.8 Å². The van der Waals surface area contributed by atoms with Crippen molar-refractivity contribution >= 4 is 34.6 Å². The van der Waals surface area contributed by atoms with E-state index in [-0.39, 0.29) is 0 Å². The van der Waals surface area contributed by atoms with Gasteiger partial charge in [-0.15, -0.1) is 0 Å². The summed E-state index contributed by atoms with van der Waals surface area (Å²) in [4.78, 5) is 18.7. The molecule has 0 spiro atoms. The molecule has 0 saturated heterocycles. The zero-order valence-corrected chi connectivity index (χ0v) is 15.6. The molecule has 8 heteroatoms. The Labute approximate surface area is 154 Å². The summed E-state index contributed by atoms with van der Waals surface area (Å²) in [6.07, 6.45) is 5.18. The van der Waals surface area contributed by atoms with Crippen LogP contribution in [0.3, 0.4) is 0 Å². The molecule has 2 saturated carbocycles. The van der Waals surface area contributed by atoms with Crippen molar-refractivity contribution in [3.8, 4) is 0 Å². The number of rotatable bonds is 10. The van der Waals surface area contributed by atoms with Crippen LogP contribution in [0.4, 0.5) is 23.5 Å². The van der Waals surface area contributed by atoms with Crippen LogP contribution in [0.15, 0.2) is 0 Å². The lowest BCUT2D eigenvalue weighted by atomic mass is 10.3. The molecule has 140 valence electrons. The SMILES string of the molecule is CCNc1nc(NCC2CC2)nc2c(NCC)nc(NCC3CC3)nc12. The van der Waals surface area contributed by atoms with Crippen molar-refractivity contribution in [3.63, 3.8) is 0 Å². The zero-order valence-electron chi connectivity index (χ0n) is 15.6. The molecule has 0 unspecified atom stereocenters. The molecular formula is C18H28N8. The van der Waals surface area contributed by atoms with Gasteiger partial charge in [0, 0.05) is 26.2 Å². The molecule has 2 aliphatic carbocycles. The Morgan fingerprint density at radius 1 is 0.654 bits per heavy atom. The second kappa shape index (κ2) is 7.47. The molecule has 0 atom stereocenters. The summed E-state index contributed by atoms with van der Waals surface area (Å²) in [6.45, 7) is 7.53. The number of hydrogen-bond acceptors (Lipinski definition) is 8. The smallest absolute Gasteiger partial charge is 0.225 e. The van der Waals surface area contributed by atoms with E-state index in [9.17, 15) is 0 Å². The minimum Gasteiger partial charge on any atom is -0.368 e. The molecule has 2 fully saturated rings. The highest BCUT2D eigenvalue weighted by Gasteiger charge is 2.23. The van der Waals surface area contributed by atoms with Gasteiger partial charge in [-0.05, 0) is 51.4 Å². The molecule has 0 amide bonds. The third-order valence-corrected chi connectivity index (χ3v) is 4.72. The predicted molar refractivity (Wildman–Crippen MR) is 106 cm³/mol. The Balaban J connectivity index is 1.70. The van der Waals surface area contributed by atoms with Gasteiger partial charge < -0.3 is 21.3 Å². The molecule has 0 aliphatic heterocycles. The van der Waals surface area contributed by atoms with Crippen LogP contribution in [-0.4, -0.2) is 46.1 Å². The minimum atomic E-state index is 0.641. The quantitative estimate of drug-likeness (QED) is 0.516. The summed E-state index contributed by atoms with van der Waals surface area (Å²) in [5, 5.41) is 13.4. The lowest BCUT2D eigenvalue weighted by Gasteiger charge is -2.14. The maximum atomic E-state index is 4.71. The van der Waals surface area contributed by atoms with Gasteiger partial charge in [0.2, 0.25) is 11.9 Å². The fraction of sp³-hybridized carbons (Fsp3) is 0.667. The van der Waals surface area contributed by atoms with Gasteiger partial charge >= 0.3 is 0 Å². The maximum Gasteiger partial charge on any atom is 0.225 e. The minimum absolute atomic E-state index is 0.641. The lowest BCUT2D eigenvalue weighted by Crippen LogP contribution is -2.14. The van der Waals surface area contributed by atoms with E-state index >= 15 is 0 Å². The molecule has 2 aromatic heterocycles. The molecule has 4 rings (SSSR count). The molecule has 0 radical (unpaired) electrons. The number of hydrogen-bond donors (Lipinski definition) is 4. The summed E-state index contributed by atoms with van der Waals surface area (Å²) in [7, 11) is 0. The average Bonchev–Trinajstić information content (AvgIpc) is 3.54. The molecule has 0 aromatic carbocycles. The number of aromatic nitrogens is 4. The summed E-state index contributed by atoms with van der Waals surface area (Å²) in [5.41, 5.74) is 1.51. The van der Waals surface area contributed by atoms with Gasteiger partial charge in [-0.2, -0.15) is 9.97 Å². The predicted octanol–water partition coefficient (Wildman–Crippen LogP) is 2.93. The van der Waals surface area contributed by atoms with Crippen LogP contribution in [0.2, 0.25) is 0 Å². The molecular weight excluding hydrogens is 328 g/mol. The van der Waals surface area contributed by atoms with E-state index in [0.717, 1.165) is 60.7 Å². The van der Waals surface area contributed by atoms with E-state index < -0.39 is 0 Å². The average molecular weight is 356 g/mol.